The molecular weight excluding hydrogens is 190 g/mol. The van der Waals surface area contributed by atoms with Crippen molar-refractivity contribution in [3.63, 3.8) is 0 Å². The minimum atomic E-state index is 0.474. The van der Waals surface area contributed by atoms with Crippen molar-refractivity contribution in [3.05, 3.63) is 12.2 Å². The van der Waals surface area contributed by atoms with Crippen molar-refractivity contribution in [3.8, 4) is 0 Å². The van der Waals surface area contributed by atoms with Crippen LogP contribution in [-0.4, -0.2) is 17.5 Å². The van der Waals surface area contributed by atoms with Crippen LogP contribution >= 0.6 is 11.8 Å². The smallest absolute Gasteiger partial charge is 0.00780 e. The molecule has 1 nitrogen and oxygen atoms in total. The van der Waals surface area contributed by atoms with Crippen molar-refractivity contribution < 1.29 is 0 Å². The lowest BCUT2D eigenvalue weighted by Crippen LogP contribution is -2.32. The first-order valence-electron chi connectivity index (χ1n) is 5.84. The Morgan fingerprint density at radius 2 is 2.29 bits per heavy atom. The summed E-state index contributed by atoms with van der Waals surface area (Å²) in [6, 6.07) is 0.474. The second kappa shape index (κ2) is 5.22. The van der Waals surface area contributed by atoms with E-state index in [4.69, 9.17) is 5.73 Å². The van der Waals surface area contributed by atoms with Gasteiger partial charge in [0.1, 0.15) is 0 Å². The van der Waals surface area contributed by atoms with E-state index >= 15 is 0 Å². The fourth-order valence-electron chi connectivity index (χ4n) is 2.54. The van der Waals surface area contributed by atoms with Crippen LogP contribution in [0, 0.1) is 11.8 Å². The number of rotatable bonds is 3. The highest BCUT2D eigenvalue weighted by atomic mass is 32.2. The third kappa shape index (κ3) is 2.77. The van der Waals surface area contributed by atoms with E-state index in [1.165, 1.54) is 43.6 Å². The van der Waals surface area contributed by atoms with E-state index in [0.29, 0.717) is 6.04 Å². The van der Waals surface area contributed by atoms with Gasteiger partial charge < -0.3 is 5.73 Å². The summed E-state index contributed by atoms with van der Waals surface area (Å²) in [7, 11) is 0. The minimum absolute atomic E-state index is 0.474. The molecule has 1 aliphatic carbocycles. The maximum atomic E-state index is 6.27. The molecular formula is C12H21NS. The van der Waals surface area contributed by atoms with Crippen molar-refractivity contribution in [2.75, 3.05) is 11.5 Å². The Morgan fingerprint density at radius 3 is 2.93 bits per heavy atom. The van der Waals surface area contributed by atoms with Gasteiger partial charge in [-0.2, -0.15) is 11.8 Å². The lowest BCUT2D eigenvalue weighted by Gasteiger charge is -2.25. The SMILES string of the molecule is NC(CC1CC=CCC1)C1CCSC1. The van der Waals surface area contributed by atoms with Crippen LogP contribution in [0.1, 0.15) is 32.1 Å². The number of nitrogens with two attached hydrogens (primary N) is 1. The summed E-state index contributed by atoms with van der Waals surface area (Å²) in [5.74, 6) is 4.33. The average molecular weight is 211 g/mol. The lowest BCUT2D eigenvalue weighted by atomic mass is 9.84. The largest absolute Gasteiger partial charge is 0.327 e. The van der Waals surface area contributed by atoms with Gasteiger partial charge in [-0.3, -0.25) is 0 Å². The summed E-state index contributed by atoms with van der Waals surface area (Å²) in [6.07, 6.45) is 11.2. The van der Waals surface area contributed by atoms with Gasteiger partial charge in [0.15, 0.2) is 0 Å². The second-order valence-electron chi connectivity index (χ2n) is 4.67. The van der Waals surface area contributed by atoms with E-state index in [1.54, 1.807) is 0 Å². The van der Waals surface area contributed by atoms with Gasteiger partial charge >= 0.3 is 0 Å². The summed E-state index contributed by atoms with van der Waals surface area (Å²) in [5, 5.41) is 0. The molecule has 2 rings (SSSR count). The minimum Gasteiger partial charge on any atom is -0.327 e. The van der Waals surface area contributed by atoms with Crippen LogP contribution < -0.4 is 5.73 Å². The van der Waals surface area contributed by atoms with E-state index in [-0.39, 0.29) is 0 Å². The first-order valence-corrected chi connectivity index (χ1v) is 7.00. The molecule has 0 saturated carbocycles. The highest BCUT2D eigenvalue weighted by Gasteiger charge is 2.24. The fraction of sp³-hybridized carbons (Fsp3) is 0.833. The van der Waals surface area contributed by atoms with Gasteiger partial charge in [-0.25, -0.2) is 0 Å². The maximum Gasteiger partial charge on any atom is 0.00780 e. The van der Waals surface area contributed by atoms with E-state index in [0.717, 1.165) is 11.8 Å². The van der Waals surface area contributed by atoms with E-state index in [2.05, 4.69) is 23.9 Å². The summed E-state index contributed by atoms with van der Waals surface area (Å²) >= 11 is 2.08. The van der Waals surface area contributed by atoms with Gasteiger partial charge in [0.05, 0.1) is 0 Å². The van der Waals surface area contributed by atoms with Gasteiger partial charge in [0, 0.05) is 6.04 Å². The molecule has 0 aromatic carbocycles. The zero-order chi connectivity index (χ0) is 9.80. The monoisotopic (exact) mass is 211 g/mol. The van der Waals surface area contributed by atoms with Crippen LogP contribution in [0.3, 0.4) is 0 Å². The normalized spacial score (nSPS) is 34.6. The van der Waals surface area contributed by atoms with Crippen LogP contribution in [0.2, 0.25) is 0 Å². The molecule has 0 bridgehead atoms. The first-order chi connectivity index (χ1) is 6.86. The van der Waals surface area contributed by atoms with Crippen LogP contribution in [0.5, 0.6) is 0 Å². The maximum absolute atomic E-state index is 6.27. The van der Waals surface area contributed by atoms with Crippen molar-refractivity contribution in [2.45, 2.75) is 38.1 Å². The number of thioether (sulfide) groups is 1. The molecule has 0 spiro atoms. The highest BCUT2D eigenvalue weighted by molar-refractivity contribution is 7.99. The molecule has 0 amide bonds. The van der Waals surface area contributed by atoms with Gasteiger partial charge in [0.2, 0.25) is 0 Å². The summed E-state index contributed by atoms with van der Waals surface area (Å²) in [5.41, 5.74) is 6.27. The Labute approximate surface area is 91.5 Å². The standard InChI is InChI=1S/C12H21NS/c13-12(11-6-7-14-9-11)8-10-4-2-1-3-5-10/h1-2,10-12H,3-9,13H2. The quantitative estimate of drug-likeness (QED) is 0.726. The zero-order valence-corrected chi connectivity index (χ0v) is 9.64. The second-order valence-corrected chi connectivity index (χ2v) is 5.82. The Bertz CT molecular complexity index is 196. The van der Waals surface area contributed by atoms with E-state index < -0.39 is 0 Å². The molecule has 2 heteroatoms. The van der Waals surface area contributed by atoms with Gasteiger partial charge in [0.25, 0.3) is 0 Å². The molecule has 3 unspecified atom stereocenters. The van der Waals surface area contributed by atoms with Gasteiger partial charge in [-0.15, -0.1) is 0 Å². The Balaban J connectivity index is 1.75. The summed E-state index contributed by atoms with van der Waals surface area (Å²) < 4.78 is 0. The molecule has 80 valence electrons. The molecule has 1 fully saturated rings. The van der Waals surface area contributed by atoms with Crippen molar-refractivity contribution in [2.24, 2.45) is 17.6 Å². The predicted molar refractivity (Wildman–Crippen MR) is 64.5 cm³/mol. The van der Waals surface area contributed by atoms with E-state index in [1.807, 2.05) is 0 Å². The third-order valence-electron chi connectivity index (χ3n) is 3.55. The molecule has 1 heterocycles. The Morgan fingerprint density at radius 1 is 1.36 bits per heavy atom. The molecule has 1 aliphatic heterocycles. The lowest BCUT2D eigenvalue weighted by molar-refractivity contribution is 0.343. The fourth-order valence-corrected chi connectivity index (χ4v) is 3.89. The van der Waals surface area contributed by atoms with Crippen molar-refractivity contribution >= 4 is 11.8 Å². The topological polar surface area (TPSA) is 26.0 Å². The van der Waals surface area contributed by atoms with Crippen molar-refractivity contribution in [1.29, 1.82) is 0 Å². The Kier molecular flexibility index (Phi) is 3.94. The summed E-state index contributed by atoms with van der Waals surface area (Å²) in [4.78, 5) is 0. The molecule has 0 aromatic rings. The van der Waals surface area contributed by atoms with Gasteiger partial charge in [-0.05, 0) is 55.4 Å². The summed E-state index contributed by atoms with van der Waals surface area (Å²) in [6.45, 7) is 0. The molecule has 3 atom stereocenters. The van der Waals surface area contributed by atoms with Crippen LogP contribution in [-0.2, 0) is 0 Å². The molecule has 1 saturated heterocycles. The number of hydrogen-bond acceptors (Lipinski definition) is 2. The highest BCUT2D eigenvalue weighted by Crippen LogP contribution is 2.30. The molecule has 14 heavy (non-hydrogen) atoms. The third-order valence-corrected chi connectivity index (χ3v) is 4.74. The van der Waals surface area contributed by atoms with Gasteiger partial charge in [-0.1, -0.05) is 12.2 Å². The zero-order valence-electron chi connectivity index (χ0n) is 8.82. The predicted octanol–water partition coefficient (Wildman–Crippen LogP) is 2.81. The number of allylic oxidation sites excluding steroid dienone is 2. The molecule has 0 radical (unpaired) electrons. The first kappa shape index (κ1) is 10.6. The van der Waals surface area contributed by atoms with Crippen LogP contribution in [0.15, 0.2) is 12.2 Å². The van der Waals surface area contributed by atoms with Crippen LogP contribution in [0.25, 0.3) is 0 Å². The molecule has 0 aromatic heterocycles. The Hall–Kier alpha value is 0.0500. The number of hydrogen-bond donors (Lipinski definition) is 1. The molecule has 2 aliphatic rings. The molecule has 2 N–H and O–H groups in total. The van der Waals surface area contributed by atoms with Crippen LogP contribution in [0.4, 0.5) is 0 Å². The average Bonchev–Trinajstić information content (AvgIpc) is 2.72. The van der Waals surface area contributed by atoms with E-state index in [9.17, 15) is 0 Å². The van der Waals surface area contributed by atoms with Crippen molar-refractivity contribution in [1.82, 2.24) is 0 Å².